The monoisotopic (exact) mass is 338 g/mol. The summed E-state index contributed by atoms with van der Waals surface area (Å²) in [4.78, 5) is 10.8. The Hall–Kier alpha value is -1.88. The van der Waals surface area contributed by atoms with Gasteiger partial charge in [-0.1, -0.05) is 15.9 Å². The number of halogens is 2. The first-order valence-electron chi connectivity index (χ1n) is 5.90. The summed E-state index contributed by atoms with van der Waals surface area (Å²) >= 11 is 3.38. The van der Waals surface area contributed by atoms with Crippen LogP contribution in [0, 0.1) is 5.82 Å². The molecule has 0 amide bonds. The van der Waals surface area contributed by atoms with E-state index in [0.717, 1.165) is 10.0 Å². The van der Waals surface area contributed by atoms with Gasteiger partial charge in [0, 0.05) is 17.0 Å². The van der Waals surface area contributed by atoms with Gasteiger partial charge in [-0.2, -0.15) is 0 Å². The van der Waals surface area contributed by atoms with E-state index in [-0.39, 0.29) is 18.4 Å². The maximum atomic E-state index is 12.8. The Labute approximate surface area is 124 Å². The van der Waals surface area contributed by atoms with Crippen LogP contribution in [0.25, 0.3) is 0 Å². The molecule has 0 saturated carbocycles. The molecule has 2 aromatic rings. The molecule has 2 rings (SSSR count). The third kappa shape index (κ3) is 4.06. The maximum absolute atomic E-state index is 12.8. The molecule has 104 valence electrons. The summed E-state index contributed by atoms with van der Waals surface area (Å²) in [6.07, 6.45) is 0. The van der Waals surface area contributed by atoms with E-state index < -0.39 is 0 Å². The Kier molecular flexibility index (Phi) is 4.74. The normalized spacial score (nSPS) is 10.2. The highest BCUT2D eigenvalue weighted by Gasteiger charge is 2.05. The van der Waals surface area contributed by atoms with Crippen molar-refractivity contribution in [2.24, 2.45) is 0 Å². The van der Waals surface area contributed by atoms with Gasteiger partial charge in [-0.25, -0.2) is 4.39 Å². The van der Waals surface area contributed by atoms with Crippen molar-refractivity contribution in [3.63, 3.8) is 0 Å². The minimum Gasteiger partial charge on any atom is -0.461 e. The lowest BCUT2D eigenvalue weighted by atomic mass is 10.2. The summed E-state index contributed by atoms with van der Waals surface area (Å²) in [6.45, 7) is 1.52. The molecule has 0 spiro atoms. The minimum atomic E-state index is -0.346. The molecule has 2 aromatic carbocycles. The molecule has 0 fully saturated rings. The third-order valence-corrected chi connectivity index (χ3v) is 3.27. The highest BCUT2D eigenvalue weighted by molar-refractivity contribution is 9.10. The summed E-state index contributed by atoms with van der Waals surface area (Å²) in [6, 6.07) is 11.1. The number of carbonyl (C=O) groups excluding carboxylic acids is 1. The van der Waals surface area contributed by atoms with Gasteiger partial charge in [-0.3, -0.25) is 4.79 Å². The first kappa shape index (κ1) is 14.5. The number of ether oxygens (including phenoxy) is 2. The second kappa shape index (κ2) is 6.52. The average molecular weight is 339 g/mol. The fraction of sp³-hybridized carbons (Fsp3) is 0.133. The van der Waals surface area contributed by atoms with Crippen LogP contribution in [0.1, 0.15) is 12.5 Å². The van der Waals surface area contributed by atoms with Gasteiger partial charge >= 0.3 is 5.97 Å². The van der Waals surface area contributed by atoms with Crippen molar-refractivity contribution in [2.75, 3.05) is 0 Å². The Balaban J connectivity index is 2.14. The van der Waals surface area contributed by atoms with Gasteiger partial charge in [-0.05, 0) is 42.5 Å². The van der Waals surface area contributed by atoms with Crippen molar-refractivity contribution in [2.45, 2.75) is 13.5 Å². The van der Waals surface area contributed by atoms with Crippen LogP contribution >= 0.6 is 15.9 Å². The zero-order valence-electron chi connectivity index (χ0n) is 10.7. The van der Waals surface area contributed by atoms with Gasteiger partial charge in [0.1, 0.15) is 23.9 Å². The molecular formula is C15H12BrFO3. The first-order chi connectivity index (χ1) is 9.54. The molecule has 0 aliphatic carbocycles. The van der Waals surface area contributed by atoms with Gasteiger partial charge in [-0.15, -0.1) is 0 Å². The first-order valence-corrected chi connectivity index (χ1v) is 6.69. The molecule has 0 saturated heterocycles. The molecule has 0 aromatic heterocycles. The van der Waals surface area contributed by atoms with E-state index in [1.165, 1.54) is 19.1 Å². The van der Waals surface area contributed by atoms with E-state index in [1.807, 2.05) is 0 Å². The molecule has 3 nitrogen and oxygen atoms in total. The number of esters is 1. The van der Waals surface area contributed by atoms with Crippen molar-refractivity contribution in [1.29, 1.82) is 0 Å². The minimum absolute atomic E-state index is 0.163. The Morgan fingerprint density at radius 2 is 1.80 bits per heavy atom. The van der Waals surface area contributed by atoms with E-state index >= 15 is 0 Å². The topological polar surface area (TPSA) is 35.5 Å². The summed E-state index contributed by atoms with van der Waals surface area (Å²) in [5.74, 6) is 0.458. The van der Waals surface area contributed by atoms with E-state index in [1.54, 1.807) is 30.3 Å². The maximum Gasteiger partial charge on any atom is 0.302 e. The van der Waals surface area contributed by atoms with Gasteiger partial charge in [0.15, 0.2) is 0 Å². The zero-order chi connectivity index (χ0) is 14.5. The molecule has 20 heavy (non-hydrogen) atoms. The lowest BCUT2D eigenvalue weighted by Gasteiger charge is -2.09. The SMILES string of the molecule is CC(=O)OCc1cc(Oc2ccc(F)cc2)ccc1Br. The van der Waals surface area contributed by atoms with Gasteiger partial charge in [0.25, 0.3) is 0 Å². The highest BCUT2D eigenvalue weighted by atomic mass is 79.9. The fourth-order valence-electron chi connectivity index (χ4n) is 1.54. The average Bonchev–Trinajstić information content (AvgIpc) is 2.42. The lowest BCUT2D eigenvalue weighted by Crippen LogP contribution is -1.99. The summed E-state index contributed by atoms with van der Waals surface area (Å²) in [7, 11) is 0. The molecule has 0 aliphatic heterocycles. The van der Waals surface area contributed by atoms with Crippen molar-refractivity contribution in [3.05, 3.63) is 58.3 Å². The van der Waals surface area contributed by atoms with E-state index in [4.69, 9.17) is 9.47 Å². The van der Waals surface area contributed by atoms with Crippen molar-refractivity contribution in [3.8, 4) is 11.5 Å². The standard InChI is InChI=1S/C15H12BrFO3/c1-10(18)19-9-11-8-14(6-7-15(11)16)20-13-4-2-12(17)3-5-13/h2-8H,9H2,1H3. The van der Waals surface area contributed by atoms with Crippen LogP contribution in [0.2, 0.25) is 0 Å². The Bertz CT molecular complexity index is 611. The van der Waals surface area contributed by atoms with Crippen LogP contribution < -0.4 is 4.74 Å². The quantitative estimate of drug-likeness (QED) is 0.773. The number of rotatable bonds is 4. The second-order valence-corrected chi connectivity index (χ2v) is 4.94. The van der Waals surface area contributed by atoms with Crippen molar-refractivity contribution >= 4 is 21.9 Å². The number of carbonyl (C=O) groups is 1. The van der Waals surface area contributed by atoms with Crippen LogP contribution in [-0.2, 0) is 16.1 Å². The van der Waals surface area contributed by atoms with E-state index in [0.29, 0.717) is 11.5 Å². The molecule has 0 N–H and O–H groups in total. The van der Waals surface area contributed by atoms with Gasteiger partial charge < -0.3 is 9.47 Å². The predicted molar refractivity (Wildman–Crippen MR) is 76.1 cm³/mol. The van der Waals surface area contributed by atoms with Crippen LogP contribution in [0.15, 0.2) is 46.9 Å². The van der Waals surface area contributed by atoms with Crippen molar-refractivity contribution < 1.29 is 18.7 Å². The van der Waals surface area contributed by atoms with E-state index in [9.17, 15) is 9.18 Å². The second-order valence-electron chi connectivity index (χ2n) is 4.09. The largest absolute Gasteiger partial charge is 0.461 e. The summed E-state index contributed by atoms with van der Waals surface area (Å²) in [5, 5.41) is 0. The predicted octanol–water partition coefficient (Wildman–Crippen LogP) is 4.44. The molecular weight excluding hydrogens is 327 g/mol. The molecule has 0 radical (unpaired) electrons. The van der Waals surface area contributed by atoms with E-state index in [2.05, 4.69) is 15.9 Å². The third-order valence-electron chi connectivity index (χ3n) is 2.50. The Morgan fingerprint density at radius 1 is 1.15 bits per heavy atom. The molecule has 5 heteroatoms. The van der Waals surface area contributed by atoms with Gasteiger partial charge in [0.05, 0.1) is 0 Å². The van der Waals surface area contributed by atoms with Crippen LogP contribution in [-0.4, -0.2) is 5.97 Å². The zero-order valence-corrected chi connectivity index (χ0v) is 12.3. The van der Waals surface area contributed by atoms with Crippen LogP contribution in [0.4, 0.5) is 4.39 Å². The molecule has 0 heterocycles. The number of hydrogen-bond donors (Lipinski definition) is 0. The fourth-order valence-corrected chi connectivity index (χ4v) is 1.90. The van der Waals surface area contributed by atoms with Crippen molar-refractivity contribution in [1.82, 2.24) is 0 Å². The summed E-state index contributed by atoms with van der Waals surface area (Å²) < 4.78 is 24.2. The number of hydrogen-bond acceptors (Lipinski definition) is 3. The molecule has 0 aliphatic rings. The molecule has 0 unspecified atom stereocenters. The van der Waals surface area contributed by atoms with Gasteiger partial charge in [0.2, 0.25) is 0 Å². The summed E-state index contributed by atoms with van der Waals surface area (Å²) in [5.41, 5.74) is 0.791. The molecule has 0 atom stereocenters. The van der Waals surface area contributed by atoms with Crippen LogP contribution in [0.5, 0.6) is 11.5 Å². The Morgan fingerprint density at radius 3 is 2.45 bits per heavy atom. The highest BCUT2D eigenvalue weighted by Crippen LogP contribution is 2.27. The lowest BCUT2D eigenvalue weighted by molar-refractivity contribution is -0.142. The van der Waals surface area contributed by atoms with Crippen LogP contribution in [0.3, 0.4) is 0 Å². The number of benzene rings is 2. The molecule has 0 bridgehead atoms. The smallest absolute Gasteiger partial charge is 0.302 e.